The summed E-state index contributed by atoms with van der Waals surface area (Å²) in [6.45, 7) is 5.04. The molecule has 1 heterocycles. The van der Waals surface area contributed by atoms with Crippen LogP contribution in [0.5, 0.6) is 5.75 Å². The average Bonchev–Trinajstić information content (AvgIpc) is 2.91. The van der Waals surface area contributed by atoms with E-state index in [2.05, 4.69) is 10.6 Å². The Morgan fingerprint density at radius 2 is 2.21 bits per heavy atom. The molecule has 0 aliphatic carbocycles. The molecular formula is C15H22N2O2. The zero-order valence-corrected chi connectivity index (χ0v) is 11.4. The number of benzene rings is 1. The predicted octanol–water partition coefficient (Wildman–Crippen LogP) is 1.49. The molecular weight excluding hydrogens is 240 g/mol. The van der Waals surface area contributed by atoms with Gasteiger partial charge in [-0.25, -0.2) is 0 Å². The topological polar surface area (TPSA) is 50.4 Å². The predicted molar refractivity (Wildman–Crippen MR) is 75.3 cm³/mol. The molecule has 2 N–H and O–H groups in total. The number of rotatable bonds is 6. The Labute approximate surface area is 114 Å². The second kappa shape index (κ2) is 7.14. The number of hydrogen-bond donors (Lipinski definition) is 2. The quantitative estimate of drug-likeness (QED) is 0.816. The average molecular weight is 262 g/mol. The summed E-state index contributed by atoms with van der Waals surface area (Å²) >= 11 is 0. The lowest BCUT2D eigenvalue weighted by Gasteiger charge is -2.10. The molecule has 0 radical (unpaired) electrons. The van der Waals surface area contributed by atoms with Crippen LogP contribution in [0.25, 0.3) is 0 Å². The maximum atomic E-state index is 11.6. The molecule has 1 aliphatic rings. The molecule has 1 amide bonds. The lowest BCUT2D eigenvalue weighted by molar-refractivity contribution is -0.123. The van der Waals surface area contributed by atoms with Crippen molar-refractivity contribution >= 4 is 5.91 Å². The van der Waals surface area contributed by atoms with Crippen molar-refractivity contribution in [2.24, 2.45) is 5.92 Å². The second-order valence-electron chi connectivity index (χ2n) is 5.10. The Kier molecular flexibility index (Phi) is 5.21. The van der Waals surface area contributed by atoms with Gasteiger partial charge in [-0.1, -0.05) is 17.7 Å². The molecule has 1 saturated heterocycles. The van der Waals surface area contributed by atoms with Crippen LogP contribution in [0, 0.1) is 12.8 Å². The van der Waals surface area contributed by atoms with Crippen LogP contribution in [0.15, 0.2) is 24.3 Å². The van der Waals surface area contributed by atoms with Crippen molar-refractivity contribution in [1.82, 2.24) is 10.6 Å². The summed E-state index contributed by atoms with van der Waals surface area (Å²) in [5.74, 6) is 1.39. The summed E-state index contributed by atoms with van der Waals surface area (Å²) in [7, 11) is 0. The molecule has 0 spiro atoms. The van der Waals surface area contributed by atoms with Crippen LogP contribution in [0.2, 0.25) is 0 Å². The lowest BCUT2D eigenvalue weighted by atomic mass is 10.1. The smallest absolute Gasteiger partial charge is 0.257 e. The van der Waals surface area contributed by atoms with E-state index < -0.39 is 0 Å². The molecule has 4 heteroatoms. The van der Waals surface area contributed by atoms with E-state index in [4.69, 9.17) is 4.74 Å². The minimum absolute atomic E-state index is 0.0495. The van der Waals surface area contributed by atoms with Crippen LogP contribution in [0.3, 0.4) is 0 Å². The molecule has 104 valence electrons. The third-order valence-corrected chi connectivity index (χ3v) is 3.43. The van der Waals surface area contributed by atoms with Gasteiger partial charge >= 0.3 is 0 Å². The minimum Gasteiger partial charge on any atom is -0.484 e. The molecule has 1 atom stereocenters. The third-order valence-electron chi connectivity index (χ3n) is 3.43. The molecule has 4 nitrogen and oxygen atoms in total. The van der Waals surface area contributed by atoms with Crippen LogP contribution in [-0.4, -0.2) is 32.1 Å². The van der Waals surface area contributed by atoms with Gasteiger partial charge in [-0.3, -0.25) is 4.79 Å². The Bertz CT molecular complexity index is 397. The SMILES string of the molecule is Cc1ccc(OCC(=O)NCCC2CCNC2)cc1. The van der Waals surface area contributed by atoms with Gasteiger partial charge < -0.3 is 15.4 Å². The zero-order chi connectivity index (χ0) is 13.5. The van der Waals surface area contributed by atoms with Gasteiger partial charge in [0.2, 0.25) is 0 Å². The standard InChI is InChI=1S/C15H22N2O2/c1-12-2-4-14(5-3-12)19-11-15(18)17-9-7-13-6-8-16-10-13/h2-5,13,16H,6-11H2,1H3,(H,17,18). The van der Waals surface area contributed by atoms with Gasteiger partial charge in [0.25, 0.3) is 5.91 Å². The third kappa shape index (κ3) is 4.91. The van der Waals surface area contributed by atoms with Crippen molar-refractivity contribution in [3.8, 4) is 5.75 Å². The van der Waals surface area contributed by atoms with Crippen LogP contribution in [0.1, 0.15) is 18.4 Å². The number of amides is 1. The minimum atomic E-state index is -0.0495. The summed E-state index contributed by atoms with van der Waals surface area (Å²) in [6, 6.07) is 7.71. The summed E-state index contributed by atoms with van der Waals surface area (Å²) in [6.07, 6.45) is 2.26. The van der Waals surface area contributed by atoms with Crippen molar-refractivity contribution in [1.29, 1.82) is 0 Å². The summed E-state index contributed by atoms with van der Waals surface area (Å²) in [5, 5.41) is 6.22. The molecule has 1 aromatic carbocycles. The lowest BCUT2D eigenvalue weighted by Crippen LogP contribution is -2.30. The van der Waals surface area contributed by atoms with Crippen LogP contribution in [-0.2, 0) is 4.79 Å². The normalized spacial score (nSPS) is 18.3. The van der Waals surface area contributed by atoms with Gasteiger partial charge in [0.1, 0.15) is 5.75 Å². The molecule has 19 heavy (non-hydrogen) atoms. The number of carbonyl (C=O) groups excluding carboxylic acids is 1. The van der Waals surface area contributed by atoms with Gasteiger partial charge in [-0.2, -0.15) is 0 Å². The molecule has 0 aromatic heterocycles. The van der Waals surface area contributed by atoms with Gasteiger partial charge in [-0.15, -0.1) is 0 Å². The van der Waals surface area contributed by atoms with Gasteiger partial charge in [0.15, 0.2) is 6.61 Å². The van der Waals surface area contributed by atoms with E-state index in [9.17, 15) is 4.79 Å². The largest absolute Gasteiger partial charge is 0.484 e. The van der Waals surface area contributed by atoms with E-state index in [1.54, 1.807) is 0 Å². The first-order valence-electron chi connectivity index (χ1n) is 6.91. The summed E-state index contributed by atoms with van der Waals surface area (Å²) < 4.78 is 5.42. The molecule has 2 rings (SSSR count). The van der Waals surface area contributed by atoms with Gasteiger partial charge in [-0.05, 0) is 50.9 Å². The Balaban J connectivity index is 1.60. The molecule has 0 saturated carbocycles. The number of hydrogen-bond acceptors (Lipinski definition) is 3. The van der Waals surface area contributed by atoms with E-state index in [0.717, 1.165) is 31.8 Å². The highest BCUT2D eigenvalue weighted by Gasteiger charge is 2.14. The van der Waals surface area contributed by atoms with Crippen molar-refractivity contribution in [3.05, 3.63) is 29.8 Å². The highest BCUT2D eigenvalue weighted by Crippen LogP contribution is 2.12. The number of aryl methyl sites for hydroxylation is 1. The molecule has 1 fully saturated rings. The fourth-order valence-electron chi connectivity index (χ4n) is 2.21. The van der Waals surface area contributed by atoms with Crippen LogP contribution >= 0.6 is 0 Å². The van der Waals surface area contributed by atoms with E-state index in [1.165, 1.54) is 12.0 Å². The van der Waals surface area contributed by atoms with Crippen molar-refractivity contribution in [2.75, 3.05) is 26.2 Å². The van der Waals surface area contributed by atoms with E-state index in [0.29, 0.717) is 5.92 Å². The fraction of sp³-hybridized carbons (Fsp3) is 0.533. The molecule has 1 unspecified atom stereocenters. The first-order chi connectivity index (χ1) is 9.24. The van der Waals surface area contributed by atoms with Gasteiger partial charge in [0, 0.05) is 6.54 Å². The Morgan fingerprint density at radius 1 is 1.42 bits per heavy atom. The van der Waals surface area contributed by atoms with Crippen LogP contribution in [0.4, 0.5) is 0 Å². The van der Waals surface area contributed by atoms with E-state index >= 15 is 0 Å². The Hall–Kier alpha value is -1.55. The zero-order valence-electron chi connectivity index (χ0n) is 11.4. The van der Waals surface area contributed by atoms with Crippen molar-refractivity contribution in [2.45, 2.75) is 19.8 Å². The van der Waals surface area contributed by atoms with Crippen LogP contribution < -0.4 is 15.4 Å². The summed E-state index contributed by atoms with van der Waals surface area (Å²) in [4.78, 5) is 11.6. The first kappa shape index (κ1) is 13.9. The van der Waals surface area contributed by atoms with Gasteiger partial charge in [0.05, 0.1) is 0 Å². The molecule has 0 bridgehead atoms. The monoisotopic (exact) mass is 262 g/mol. The Morgan fingerprint density at radius 3 is 2.89 bits per heavy atom. The van der Waals surface area contributed by atoms with E-state index in [1.807, 2.05) is 31.2 Å². The molecule has 1 aromatic rings. The number of ether oxygens (including phenoxy) is 1. The second-order valence-corrected chi connectivity index (χ2v) is 5.10. The highest BCUT2D eigenvalue weighted by molar-refractivity contribution is 5.77. The summed E-state index contributed by atoms with van der Waals surface area (Å²) in [5.41, 5.74) is 1.18. The van der Waals surface area contributed by atoms with Crippen molar-refractivity contribution < 1.29 is 9.53 Å². The fourth-order valence-corrected chi connectivity index (χ4v) is 2.21. The van der Waals surface area contributed by atoms with Crippen molar-refractivity contribution in [3.63, 3.8) is 0 Å². The van der Waals surface area contributed by atoms with E-state index in [-0.39, 0.29) is 12.5 Å². The molecule has 1 aliphatic heterocycles. The first-order valence-corrected chi connectivity index (χ1v) is 6.91. The maximum absolute atomic E-state index is 11.6. The number of nitrogens with one attached hydrogen (secondary N) is 2. The maximum Gasteiger partial charge on any atom is 0.257 e. The highest BCUT2D eigenvalue weighted by atomic mass is 16.5. The number of carbonyl (C=O) groups is 1.